The number of rotatable bonds is 10. The van der Waals surface area contributed by atoms with Gasteiger partial charge >= 0.3 is 0 Å². The minimum atomic E-state index is -1.11. The van der Waals surface area contributed by atoms with E-state index < -0.39 is 8.53 Å². The zero-order valence-corrected chi connectivity index (χ0v) is 16.3. The topological polar surface area (TPSA) is 52.0 Å². The number of nitriles is 1. The molecule has 0 amide bonds. The van der Waals surface area contributed by atoms with Crippen LogP contribution >= 0.6 is 8.53 Å². The molecule has 1 unspecified atom stereocenters. The summed E-state index contributed by atoms with van der Waals surface area (Å²) in [6.45, 7) is 15.1. The van der Waals surface area contributed by atoms with Crippen molar-refractivity contribution >= 4 is 8.53 Å². The summed E-state index contributed by atoms with van der Waals surface area (Å²) in [4.78, 5) is 4.80. The van der Waals surface area contributed by atoms with Gasteiger partial charge in [0.25, 0.3) is 8.53 Å². The van der Waals surface area contributed by atoms with E-state index in [4.69, 9.17) is 14.3 Å². The van der Waals surface area contributed by atoms with Crippen molar-refractivity contribution in [3.05, 3.63) is 0 Å². The van der Waals surface area contributed by atoms with Crippen molar-refractivity contribution in [3.8, 4) is 6.07 Å². The summed E-state index contributed by atoms with van der Waals surface area (Å²) < 4.78 is 14.3. The highest BCUT2D eigenvalue weighted by atomic mass is 31.2. The number of piperazine rings is 1. The van der Waals surface area contributed by atoms with Crippen molar-refractivity contribution in [2.75, 3.05) is 53.0 Å². The molecule has 1 aliphatic rings. The van der Waals surface area contributed by atoms with E-state index in [9.17, 15) is 0 Å². The fourth-order valence-corrected chi connectivity index (χ4v) is 4.21. The molecule has 1 rings (SSSR count). The van der Waals surface area contributed by atoms with Gasteiger partial charge in [0.1, 0.15) is 0 Å². The highest BCUT2D eigenvalue weighted by molar-refractivity contribution is 7.44. The first-order chi connectivity index (χ1) is 11.0. The molecule has 1 fully saturated rings. The fourth-order valence-electron chi connectivity index (χ4n) is 2.63. The molecule has 0 aliphatic carbocycles. The predicted octanol–water partition coefficient (Wildman–Crippen LogP) is 2.53. The Kier molecular flexibility index (Phi) is 10.2. The number of nitrogens with zero attached hydrogens (tertiary/aromatic N) is 4. The van der Waals surface area contributed by atoms with E-state index in [1.165, 1.54) is 0 Å². The van der Waals surface area contributed by atoms with Crippen molar-refractivity contribution < 1.29 is 9.05 Å². The Bertz CT molecular complexity index is 346. The molecule has 0 aromatic heterocycles. The molecule has 134 valence electrons. The summed E-state index contributed by atoms with van der Waals surface area (Å²) in [7, 11) is 1.06. The minimum absolute atomic E-state index is 0.354. The first-order valence-electron chi connectivity index (χ1n) is 8.57. The fraction of sp³-hybridized carbons (Fsp3) is 0.938. The van der Waals surface area contributed by atoms with E-state index in [-0.39, 0.29) is 0 Å². The van der Waals surface area contributed by atoms with Gasteiger partial charge in [-0.15, -0.1) is 0 Å². The molecule has 1 aliphatic heterocycles. The van der Waals surface area contributed by atoms with Crippen LogP contribution in [0.15, 0.2) is 0 Å². The largest absolute Gasteiger partial charge is 0.321 e. The lowest BCUT2D eigenvalue weighted by molar-refractivity contribution is 0.120. The second-order valence-electron chi connectivity index (χ2n) is 6.52. The number of hydrogen-bond acceptors (Lipinski definition) is 6. The zero-order chi connectivity index (χ0) is 17.2. The van der Waals surface area contributed by atoms with E-state index in [0.29, 0.717) is 31.7 Å². The lowest BCUT2D eigenvalue weighted by Gasteiger charge is -2.36. The van der Waals surface area contributed by atoms with Gasteiger partial charge in [0.2, 0.25) is 0 Å². The molecule has 0 aromatic rings. The van der Waals surface area contributed by atoms with Crippen molar-refractivity contribution in [1.29, 1.82) is 5.26 Å². The average Bonchev–Trinajstić information content (AvgIpc) is 2.48. The van der Waals surface area contributed by atoms with Crippen LogP contribution in [0.2, 0.25) is 0 Å². The van der Waals surface area contributed by atoms with Gasteiger partial charge in [-0.05, 0) is 34.7 Å². The van der Waals surface area contributed by atoms with E-state index in [0.717, 1.165) is 32.7 Å². The van der Waals surface area contributed by atoms with Crippen molar-refractivity contribution in [1.82, 2.24) is 14.5 Å². The van der Waals surface area contributed by atoms with Gasteiger partial charge in [-0.25, -0.2) is 4.67 Å². The van der Waals surface area contributed by atoms with Crippen LogP contribution in [0, 0.1) is 11.3 Å². The Morgan fingerprint density at radius 2 is 1.61 bits per heavy atom. The van der Waals surface area contributed by atoms with Crippen LogP contribution in [0.25, 0.3) is 0 Å². The molecule has 0 spiro atoms. The molecular weight excluding hydrogens is 311 g/mol. The van der Waals surface area contributed by atoms with Crippen LogP contribution in [0.1, 0.15) is 34.1 Å². The third-order valence-electron chi connectivity index (χ3n) is 3.87. The number of likely N-dealkylation sites (N-methyl/N-ethyl adjacent to an activating group) is 1. The molecular formula is C16H33N4O2P. The maximum Gasteiger partial charge on any atom is 0.259 e. The van der Waals surface area contributed by atoms with Crippen LogP contribution < -0.4 is 0 Å². The summed E-state index contributed by atoms with van der Waals surface area (Å²) in [5, 5.41) is 8.72. The monoisotopic (exact) mass is 344 g/mol. The van der Waals surface area contributed by atoms with Gasteiger partial charge in [0.15, 0.2) is 0 Å². The van der Waals surface area contributed by atoms with Crippen molar-refractivity contribution in [2.24, 2.45) is 0 Å². The molecule has 0 saturated carbocycles. The maximum absolute atomic E-state index is 8.72. The van der Waals surface area contributed by atoms with Crippen LogP contribution in [-0.4, -0.2) is 79.5 Å². The highest BCUT2D eigenvalue weighted by Gasteiger charge is 2.27. The van der Waals surface area contributed by atoms with Crippen molar-refractivity contribution in [2.45, 2.75) is 46.2 Å². The smallest absolute Gasteiger partial charge is 0.259 e. The number of hydrogen-bond donors (Lipinski definition) is 0. The zero-order valence-electron chi connectivity index (χ0n) is 15.4. The third-order valence-corrected chi connectivity index (χ3v) is 5.98. The van der Waals surface area contributed by atoms with Crippen LogP contribution in [0.5, 0.6) is 0 Å². The molecule has 1 heterocycles. The molecule has 23 heavy (non-hydrogen) atoms. The van der Waals surface area contributed by atoms with Crippen LogP contribution in [-0.2, 0) is 9.05 Å². The normalized spacial score (nSPS) is 18.7. The van der Waals surface area contributed by atoms with E-state index in [1.807, 2.05) is 0 Å². The Hall–Kier alpha value is -0.280. The molecule has 1 saturated heterocycles. The summed E-state index contributed by atoms with van der Waals surface area (Å²) in [6, 6.07) is 2.84. The summed E-state index contributed by atoms with van der Waals surface area (Å²) >= 11 is 0. The first-order valence-corrected chi connectivity index (χ1v) is 9.70. The molecule has 0 radical (unpaired) electrons. The lowest BCUT2D eigenvalue weighted by atomic mass is 10.3. The lowest BCUT2D eigenvalue weighted by Crippen LogP contribution is -2.45. The second-order valence-corrected chi connectivity index (χ2v) is 7.98. The minimum Gasteiger partial charge on any atom is -0.321 e. The van der Waals surface area contributed by atoms with Gasteiger partial charge in [0, 0.05) is 44.8 Å². The quantitative estimate of drug-likeness (QED) is 0.448. The Balaban J connectivity index is 2.46. The summed E-state index contributed by atoms with van der Waals surface area (Å²) in [6.07, 6.45) is 0.407. The molecule has 7 heteroatoms. The molecule has 0 N–H and O–H groups in total. The Morgan fingerprint density at radius 1 is 1.04 bits per heavy atom. The highest BCUT2D eigenvalue weighted by Crippen LogP contribution is 2.45. The first kappa shape index (κ1) is 20.8. The molecule has 6 nitrogen and oxygen atoms in total. The molecule has 0 aromatic carbocycles. The average molecular weight is 344 g/mol. The van der Waals surface area contributed by atoms with E-state index >= 15 is 0 Å². The van der Waals surface area contributed by atoms with Crippen molar-refractivity contribution in [3.63, 3.8) is 0 Å². The maximum atomic E-state index is 8.72. The van der Waals surface area contributed by atoms with Gasteiger partial charge < -0.3 is 13.9 Å². The summed E-state index contributed by atoms with van der Waals surface area (Å²) in [5.74, 6) is 0. The van der Waals surface area contributed by atoms with Gasteiger partial charge in [-0.1, -0.05) is 0 Å². The molecule has 1 atom stereocenters. The SMILES string of the molecule is CC(C)N(C(C)C)P(OCCC#N)OCCN1CCN(C)CC1. The van der Waals surface area contributed by atoms with Gasteiger partial charge in [-0.3, -0.25) is 4.90 Å². The van der Waals surface area contributed by atoms with Crippen LogP contribution in [0.3, 0.4) is 0 Å². The Labute approximate surface area is 143 Å². The Morgan fingerprint density at radius 3 is 2.13 bits per heavy atom. The van der Waals surface area contributed by atoms with E-state index in [2.05, 4.69) is 55.3 Å². The molecule has 0 bridgehead atoms. The van der Waals surface area contributed by atoms with Crippen LogP contribution in [0.4, 0.5) is 0 Å². The van der Waals surface area contributed by atoms with Gasteiger partial charge in [-0.2, -0.15) is 5.26 Å². The van der Waals surface area contributed by atoms with Gasteiger partial charge in [0.05, 0.1) is 25.7 Å². The second kappa shape index (κ2) is 11.3. The summed E-state index contributed by atoms with van der Waals surface area (Å²) in [5.41, 5.74) is 0. The standard InChI is InChI=1S/C16H33N4O2P/c1-15(2)20(16(3)4)23(21-13-6-7-17)22-14-12-19-10-8-18(5)9-11-19/h15-16H,6,8-14H2,1-5H3. The predicted molar refractivity (Wildman–Crippen MR) is 95.1 cm³/mol. The third kappa shape index (κ3) is 7.89. The van der Waals surface area contributed by atoms with E-state index in [1.54, 1.807) is 0 Å².